The lowest BCUT2D eigenvalue weighted by Gasteiger charge is -2.40. The summed E-state index contributed by atoms with van der Waals surface area (Å²) in [5, 5.41) is 0. The van der Waals surface area contributed by atoms with Crippen LogP contribution in [0.1, 0.15) is 110 Å². The van der Waals surface area contributed by atoms with Crippen molar-refractivity contribution in [2.24, 2.45) is 4.99 Å². The van der Waals surface area contributed by atoms with E-state index in [0.29, 0.717) is 13.1 Å². The van der Waals surface area contributed by atoms with Crippen LogP contribution in [0.15, 0.2) is 29.3 Å². The van der Waals surface area contributed by atoms with E-state index in [9.17, 15) is 9.59 Å². The molecule has 2 saturated heterocycles. The highest BCUT2D eigenvalue weighted by Crippen LogP contribution is 2.34. The number of guanidine groups is 1. The van der Waals surface area contributed by atoms with Crippen LogP contribution in [0.2, 0.25) is 0 Å². The van der Waals surface area contributed by atoms with Crippen LogP contribution in [-0.4, -0.2) is 78.6 Å². The third kappa shape index (κ3) is 7.95. The summed E-state index contributed by atoms with van der Waals surface area (Å²) < 4.78 is 5.29. The third-order valence-corrected chi connectivity index (χ3v) is 9.00. The molecule has 0 radical (unpaired) electrons. The molecule has 3 heterocycles. The molecule has 228 valence electrons. The Kier molecular flexibility index (Phi) is 12.2. The first-order valence-corrected chi connectivity index (χ1v) is 16.4. The van der Waals surface area contributed by atoms with Gasteiger partial charge in [0, 0.05) is 32.4 Å². The quantitative estimate of drug-likeness (QED) is 0.168. The van der Waals surface area contributed by atoms with Gasteiger partial charge in [-0.2, -0.15) is 0 Å². The first kappa shape index (κ1) is 31.2. The summed E-state index contributed by atoms with van der Waals surface area (Å²) in [7, 11) is 3.43. The van der Waals surface area contributed by atoms with Crippen LogP contribution in [0.4, 0.5) is 10.5 Å². The minimum absolute atomic E-state index is 0.102. The fourth-order valence-electron chi connectivity index (χ4n) is 6.47. The summed E-state index contributed by atoms with van der Waals surface area (Å²) in [6.45, 7) is 4.25. The summed E-state index contributed by atoms with van der Waals surface area (Å²) in [5.41, 5.74) is 1.01. The number of unbranched alkanes of at least 4 members (excludes halogenated alkanes) is 15. The molecule has 0 aliphatic carbocycles. The molecule has 0 N–H and O–H groups in total. The van der Waals surface area contributed by atoms with E-state index >= 15 is 0 Å². The molecule has 0 bridgehead atoms. The smallest absolute Gasteiger partial charge is 0.328 e. The normalized spacial score (nSPS) is 20.1. The topological polar surface area (TPSA) is 68.7 Å². The van der Waals surface area contributed by atoms with Gasteiger partial charge in [-0.3, -0.25) is 9.69 Å². The van der Waals surface area contributed by atoms with E-state index in [4.69, 9.17) is 9.73 Å². The monoisotopic (exact) mass is 567 g/mol. The molecule has 1 aromatic rings. The standard InChI is InChI=1S/C33H53N5O3/c1-4-5-6-7-8-9-10-11-12-13-14-15-16-17-18-19-24-38-31(39)29-30(35(2)33(38)40)34-32-36(25-26-37(29)32)27-20-22-28(41-3)23-21-27/h20-23,29-30H,4-19,24-26H2,1-3H3. The summed E-state index contributed by atoms with van der Waals surface area (Å²) in [6, 6.07) is 7.22. The van der Waals surface area contributed by atoms with E-state index in [-0.39, 0.29) is 11.9 Å². The van der Waals surface area contributed by atoms with Crippen LogP contribution < -0.4 is 9.64 Å². The van der Waals surface area contributed by atoms with Crippen molar-refractivity contribution in [3.63, 3.8) is 0 Å². The molecule has 3 aliphatic heterocycles. The minimum Gasteiger partial charge on any atom is -0.497 e. The Morgan fingerprint density at radius 1 is 0.780 bits per heavy atom. The van der Waals surface area contributed by atoms with Crippen molar-refractivity contribution in [3.8, 4) is 5.75 Å². The van der Waals surface area contributed by atoms with Crippen LogP contribution in [0.25, 0.3) is 0 Å². The van der Waals surface area contributed by atoms with Gasteiger partial charge in [0.1, 0.15) is 5.75 Å². The Hall–Kier alpha value is -2.77. The number of anilines is 1. The average molecular weight is 568 g/mol. The second-order valence-corrected chi connectivity index (χ2v) is 12.0. The average Bonchev–Trinajstić information content (AvgIpc) is 3.57. The first-order chi connectivity index (χ1) is 20.1. The van der Waals surface area contributed by atoms with Crippen LogP contribution in [0.5, 0.6) is 5.75 Å². The van der Waals surface area contributed by atoms with Crippen molar-refractivity contribution in [1.29, 1.82) is 0 Å². The fourth-order valence-corrected chi connectivity index (χ4v) is 6.47. The maximum absolute atomic E-state index is 13.6. The zero-order valence-electron chi connectivity index (χ0n) is 25.9. The minimum atomic E-state index is -0.465. The number of methoxy groups -OCH3 is 1. The molecule has 8 nitrogen and oxygen atoms in total. The van der Waals surface area contributed by atoms with Crippen molar-refractivity contribution in [2.75, 3.05) is 38.7 Å². The number of imide groups is 1. The predicted octanol–water partition coefficient (Wildman–Crippen LogP) is 7.04. The van der Waals surface area contributed by atoms with Crippen molar-refractivity contribution >= 4 is 23.6 Å². The molecule has 41 heavy (non-hydrogen) atoms. The van der Waals surface area contributed by atoms with Crippen molar-refractivity contribution in [1.82, 2.24) is 14.7 Å². The summed E-state index contributed by atoms with van der Waals surface area (Å²) in [5.74, 6) is 1.48. The molecule has 4 rings (SSSR count). The van der Waals surface area contributed by atoms with E-state index in [1.54, 1.807) is 19.1 Å². The number of fused-ring (bicyclic) bond motifs is 3. The van der Waals surface area contributed by atoms with Crippen molar-refractivity contribution in [3.05, 3.63) is 24.3 Å². The van der Waals surface area contributed by atoms with Crippen LogP contribution in [0.3, 0.4) is 0 Å². The molecule has 2 atom stereocenters. The number of carbonyl (C=O) groups excluding carboxylic acids is 2. The van der Waals surface area contributed by atoms with E-state index in [0.717, 1.165) is 36.8 Å². The van der Waals surface area contributed by atoms with E-state index < -0.39 is 12.2 Å². The van der Waals surface area contributed by atoms with Gasteiger partial charge in [-0.1, -0.05) is 103 Å². The first-order valence-electron chi connectivity index (χ1n) is 16.4. The molecule has 0 saturated carbocycles. The molecule has 0 aromatic heterocycles. The lowest BCUT2D eigenvalue weighted by molar-refractivity contribution is -0.137. The van der Waals surface area contributed by atoms with Gasteiger partial charge in [-0.25, -0.2) is 9.79 Å². The number of hydrogen-bond acceptors (Lipinski definition) is 6. The van der Waals surface area contributed by atoms with Gasteiger partial charge in [-0.05, 0) is 30.7 Å². The predicted molar refractivity (Wildman–Crippen MR) is 166 cm³/mol. The summed E-state index contributed by atoms with van der Waals surface area (Å²) >= 11 is 0. The number of amides is 3. The van der Waals surface area contributed by atoms with Crippen molar-refractivity contribution < 1.29 is 14.3 Å². The number of likely N-dealkylation sites (N-methyl/N-ethyl adjacent to an activating group) is 1. The van der Waals surface area contributed by atoms with E-state index in [1.165, 1.54) is 94.8 Å². The highest BCUT2D eigenvalue weighted by atomic mass is 16.5. The maximum Gasteiger partial charge on any atom is 0.328 e. The lowest BCUT2D eigenvalue weighted by Crippen LogP contribution is -2.64. The van der Waals surface area contributed by atoms with E-state index in [2.05, 4.69) is 16.7 Å². The number of aliphatic imine (C=N–C) groups is 1. The highest BCUT2D eigenvalue weighted by molar-refractivity contribution is 6.08. The third-order valence-electron chi connectivity index (χ3n) is 9.00. The largest absolute Gasteiger partial charge is 0.497 e. The molecule has 0 spiro atoms. The van der Waals surface area contributed by atoms with Crippen molar-refractivity contribution in [2.45, 2.75) is 122 Å². The number of benzene rings is 1. The summed E-state index contributed by atoms with van der Waals surface area (Å²) in [4.78, 5) is 38.9. The Labute approximate surface area is 248 Å². The molecule has 2 unspecified atom stereocenters. The van der Waals surface area contributed by atoms with Gasteiger partial charge in [0.05, 0.1) is 7.11 Å². The number of hydrogen-bond donors (Lipinski definition) is 0. The van der Waals surface area contributed by atoms with Gasteiger partial charge in [-0.15, -0.1) is 0 Å². The SMILES string of the molecule is CCCCCCCCCCCCCCCCCCN1C(=O)C2C(N=C3N(c4ccc(OC)cc4)CCN32)N(C)C1=O. The second kappa shape index (κ2) is 16.0. The molecule has 1 aromatic carbocycles. The Balaban J connectivity index is 1.12. The molecular formula is C33H53N5O3. The van der Waals surface area contributed by atoms with Crippen LogP contribution in [0, 0.1) is 0 Å². The number of ether oxygens (including phenoxy) is 1. The second-order valence-electron chi connectivity index (χ2n) is 12.0. The number of rotatable bonds is 19. The molecule has 3 aliphatic rings. The summed E-state index contributed by atoms with van der Waals surface area (Å²) in [6.07, 6.45) is 20.4. The lowest BCUT2D eigenvalue weighted by atomic mass is 10.0. The number of urea groups is 1. The maximum atomic E-state index is 13.6. The van der Waals surface area contributed by atoms with Gasteiger partial charge in [0.25, 0.3) is 5.91 Å². The zero-order chi connectivity index (χ0) is 29.0. The van der Waals surface area contributed by atoms with Gasteiger partial charge in [0.15, 0.2) is 12.2 Å². The van der Waals surface area contributed by atoms with Gasteiger partial charge in [0.2, 0.25) is 5.96 Å². The molecule has 2 fully saturated rings. The number of nitrogens with zero attached hydrogens (tertiary/aromatic N) is 5. The molecule has 8 heteroatoms. The molecular weight excluding hydrogens is 514 g/mol. The van der Waals surface area contributed by atoms with Crippen LogP contribution >= 0.6 is 0 Å². The van der Waals surface area contributed by atoms with Gasteiger partial charge < -0.3 is 19.4 Å². The Morgan fingerprint density at radius 2 is 1.32 bits per heavy atom. The van der Waals surface area contributed by atoms with E-state index in [1.807, 2.05) is 24.3 Å². The Morgan fingerprint density at radius 3 is 1.85 bits per heavy atom. The molecule has 3 amide bonds. The van der Waals surface area contributed by atoms with Gasteiger partial charge >= 0.3 is 6.03 Å². The number of carbonyl (C=O) groups is 2. The highest BCUT2D eigenvalue weighted by Gasteiger charge is 2.54. The zero-order valence-corrected chi connectivity index (χ0v) is 25.9. The Bertz CT molecular complexity index is 997. The van der Waals surface area contributed by atoms with Crippen LogP contribution in [-0.2, 0) is 4.79 Å². The fraction of sp³-hybridized carbons (Fsp3) is 0.727.